The maximum absolute atomic E-state index is 13.0. The molecule has 0 spiro atoms. The predicted molar refractivity (Wildman–Crippen MR) is 94.9 cm³/mol. The molecular weight excluding hydrogens is 397 g/mol. The van der Waals surface area contributed by atoms with Crippen molar-refractivity contribution in [1.82, 2.24) is 15.3 Å². The Balaban J connectivity index is 1.65. The summed E-state index contributed by atoms with van der Waals surface area (Å²) in [5.74, 6) is -1.36. The number of H-pyrrole nitrogens is 1. The lowest BCUT2D eigenvalue weighted by Crippen LogP contribution is -2.36. The highest BCUT2D eigenvalue weighted by Crippen LogP contribution is 2.35. The lowest BCUT2D eigenvalue weighted by atomic mass is 10.1. The molecule has 3 aromatic rings. The number of hydrogen-bond donors (Lipinski definition) is 2. The van der Waals surface area contributed by atoms with Crippen molar-refractivity contribution in [2.75, 3.05) is 6.61 Å². The van der Waals surface area contributed by atoms with Crippen molar-refractivity contribution in [3.63, 3.8) is 0 Å². The summed E-state index contributed by atoms with van der Waals surface area (Å²) in [6, 6.07) is 8.38. The molecule has 1 amide bonds. The van der Waals surface area contributed by atoms with Gasteiger partial charge in [-0.15, -0.1) is 0 Å². The zero-order valence-corrected chi connectivity index (χ0v) is 15.1. The summed E-state index contributed by atoms with van der Waals surface area (Å²) < 4.78 is 69.6. The molecule has 2 aromatic carbocycles. The van der Waals surface area contributed by atoms with Gasteiger partial charge in [-0.2, -0.15) is 13.2 Å². The Kier molecular flexibility index (Phi) is 5.71. The first kappa shape index (κ1) is 20.6. The number of imidazole rings is 1. The van der Waals surface area contributed by atoms with Gasteiger partial charge in [-0.25, -0.2) is 13.8 Å². The maximum atomic E-state index is 13.0. The number of carbonyl (C=O) groups excluding carboxylic acids is 1. The van der Waals surface area contributed by atoms with E-state index in [0.29, 0.717) is 0 Å². The molecule has 0 bridgehead atoms. The van der Waals surface area contributed by atoms with E-state index in [4.69, 9.17) is 4.74 Å². The lowest BCUT2D eigenvalue weighted by molar-refractivity contribution is -0.139. The fourth-order valence-electron chi connectivity index (χ4n) is 2.66. The second-order valence-electron chi connectivity index (χ2n) is 6.33. The third-order valence-corrected chi connectivity index (χ3v) is 4.03. The zero-order chi connectivity index (χ0) is 21.2. The van der Waals surface area contributed by atoms with Crippen LogP contribution in [0.3, 0.4) is 0 Å². The van der Waals surface area contributed by atoms with Crippen molar-refractivity contribution in [3.05, 3.63) is 59.4 Å². The van der Waals surface area contributed by atoms with E-state index < -0.39 is 35.9 Å². The molecule has 0 radical (unpaired) electrons. The van der Waals surface area contributed by atoms with Crippen molar-refractivity contribution in [3.8, 4) is 5.75 Å². The highest BCUT2D eigenvalue weighted by molar-refractivity contribution is 5.97. The maximum Gasteiger partial charge on any atom is 0.419 e. The summed E-state index contributed by atoms with van der Waals surface area (Å²) in [5.41, 5.74) is -0.157. The molecule has 1 aromatic heterocycles. The molecule has 1 atom stereocenters. The standard InChI is InChI=1S/C19H16F5N3O2/c1-10(9-29-15-5-3-2-4-12(15)19(22,23)24)25-18(28)11-6-7-13-14(8-11)27-17(26-13)16(20)21/h2-8,10,16H,9H2,1H3,(H,25,28)(H,26,27). The first-order chi connectivity index (χ1) is 13.6. The van der Waals surface area contributed by atoms with Crippen LogP contribution in [0.25, 0.3) is 11.0 Å². The number of aromatic nitrogens is 2. The van der Waals surface area contributed by atoms with E-state index in [1.807, 2.05) is 0 Å². The van der Waals surface area contributed by atoms with E-state index in [1.54, 1.807) is 6.92 Å². The molecular formula is C19H16F5N3O2. The van der Waals surface area contributed by atoms with Crippen LogP contribution in [-0.4, -0.2) is 28.5 Å². The Morgan fingerprint density at radius 1 is 1.21 bits per heavy atom. The number of hydrogen-bond acceptors (Lipinski definition) is 3. The molecule has 154 valence electrons. The quantitative estimate of drug-likeness (QED) is 0.575. The number of rotatable bonds is 6. The minimum absolute atomic E-state index is 0.185. The molecule has 0 saturated heterocycles. The molecule has 5 nitrogen and oxygen atoms in total. The fraction of sp³-hybridized carbons (Fsp3) is 0.263. The number of nitrogens with one attached hydrogen (secondary N) is 2. The molecule has 2 N–H and O–H groups in total. The average molecular weight is 413 g/mol. The van der Waals surface area contributed by atoms with Gasteiger partial charge in [-0.3, -0.25) is 4.79 Å². The van der Waals surface area contributed by atoms with Gasteiger partial charge in [0.2, 0.25) is 0 Å². The van der Waals surface area contributed by atoms with Crippen molar-refractivity contribution in [1.29, 1.82) is 0 Å². The number of ether oxygens (including phenoxy) is 1. The number of aromatic amines is 1. The number of amides is 1. The van der Waals surface area contributed by atoms with Gasteiger partial charge in [0.25, 0.3) is 12.3 Å². The van der Waals surface area contributed by atoms with Crippen LogP contribution in [0.4, 0.5) is 22.0 Å². The van der Waals surface area contributed by atoms with E-state index in [9.17, 15) is 26.7 Å². The normalized spacial score (nSPS) is 12.9. The summed E-state index contributed by atoms with van der Waals surface area (Å²) in [4.78, 5) is 18.5. The molecule has 0 aliphatic heterocycles. The highest BCUT2D eigenvalue weighted by atomic mass is 19.4. The fourth-order valence-corrected chi connectivity index (χ4v) is 2.66. The summed E-state index contributed by atoms with van der Waals surface area (Å²) in [5, 5.41) is 2.59. The second kappa shape index (κ2) is 8.06. The number of carbonyl (C=O) groups is 1. The van der Waals surface area contributed by atoms with Crippen molar-refractivity contribution < 1.29 is 31.5 Å². The molecule has 1 unspecified atom stereocenters. The Hall–Kier alpha value is -3.17. The highest BCUT2D eigenvalue weighted by Gasteiger charge is 2.34. The molecule has 0 fully saturated rings. The number of halogens is 5. The van der Waals surface area contributed by atoms with Crippen LogP contribution >= 0.6 is 0 Å². The number of nitrogens with zero attached hydrogens (tertiary/aromatic N) is 1. The van der Waals surface area contributed by atoms with Crippen LogP contribution in [0.1, 0.15) is 35.1 Å². The SMILES string of the molecule is CC(COc1ccccc1C(F)(F)F)NC(=O)c1ccc2nc(C(F)F)[nH]c2c1. The number of para-hydroxylation sites is 1. The van der Waals surface area contributed by atoms with Crippen LogP contribution in [0.15, 0.2) is 42.5 Å². The summed E-state index contributed by atoms with van der Waals surface area (Å²) in [6.07, 6.45) is -7.32. The molecule has 0 aliphatic rings. The topological polar surface area (TPSA) is 67.0 Å². The molecule has 0 aliphatic carbocycles. The van der Waals surface area contributed by atoms with Gasteiger partial charge < -0.3 is 15.0 Å². The van der Waals surface area contributed by atoms with E-state index in [0.717, 1.165) is 6.07 Å². The van der Waals surface area contributed by atoms with Gasteiger partial charge in [0.15, 0.2) is 5.82 Å². The predicted octanol–water partition coefficient (Wildman–Crippen LogP) is 4.72. The number of benzene rings is 2. The van der Waals surface area contributed by atoms with E-state index in [-0.39, 0.29) is 29.0 Å². The van der Waals surface area contributed by atoms with Gasteiger partial charge in [0.1, 0.15) is 12.4 Å². The van der Waals surface area contributed by atoms with Crippen molar-refractivity contribution >= 4 is 16.9 Å². The number of fused-ring (bicyclic) bond motifs is 1. The number of alkyl halides is 5. The minimum atomic E-state index is -4.56. The van der Waals surface area contributed by atoms with Crippen molar-refractivity contribution in [2.24, 2.45) is 0 Å². The minimum Gasteiger partial charge on any atom is -0.491 e. The van der Waals surface area contributed by atoms with E-state index in [1.165, 1.54) is 36.4 Å². The Labute approximate surface area is 161 Å². The van der Waals surface area contributed by atoms with Gasteiger partial charge in [-0.05, 0) is 37.3 Å². The summed E-state index contributed by atoms with van der Waals surface area (Å²) in [7, 11) is 0. The molecule has 1 heterocycles. The van der Waals surface area contributed by atoms with Crippen molar-refractivity contribution in [2.45, 2.75) is 25.6 Å². The third kappa shape index (κ3) is 4.82. The first-order valence-corrected chi connectivity index (χ1v) is 8.53. The average Bonchev–Trinajstić information content (AvgIpc) is 3.09. The van der Waals surface area contributed by atoms with Gasteiger partial charge >= 0.3 is 6.18 Å². The van der Waals surface area contributed by atoms with Crippen LogP contribution in [0, 0.1) is 0 Å². The van der Waals surface area contributed by atoms with E-state index in [2.05, 4.69) is 15.3 Å². The molecule has 29 heavy (non-hydrogen) atoms. The molecule has 3 rings (SSSR count). The first-order valence-electron chi connectivity index (χ1n) is 8.53. The lowest BCUT2D eigenvalue weighted by Gasteiger charge is -2.18. The van der Waals surface area contributed by atoms with Gasteiger partial charge in [0.05, 0.1) is 22.6 Å². The zero-order valence-electron chi connectivity index (χ0n) is 15.1. The monoisotopic (exact) mass is 413 g/mol. The Morgan fingerprint density at radius 2 is 1.93 bits per heavy atom. The molecule has 0 saturated carbocycles. The Morgan fingerprint density at radius 3 is 2.62 bits per heavy atom. The van der Waals surface area contributed by atoms with Gasteiger partial charge in [-0.1, -0.05) is 12.1 Å². The summed E-state index contributed by atoms with van der Waals surface area (Å²) in [6.45, 7) is 1.37. The smallest absolute Gasteiger partial charge is 0.419 e. The third-order valence-electron chi connectivity index (χ3n) is 4.03. The van der Waals surface area contributed by atoms with Gasteiger partial charge in [0, 0.05) is 5.56 Å². The van der Waals surface area contributed by atoms with E-state index >= 15 is 0 Å². The summed E-state index contributed by atoms with van der Waals surface area (Å²) >= 11 is 0. The molecule has 10 heteroatoms. The Bertz CT molecular complexity index is 1020. The van der Waals surface area contributed by atoms with Crippen LogP contribution in [0.5, 0.6) is 5.75 Å². The largest absolute Gasteiger partial charge is 0.491 e. The second-order valence-corrected chi connectivity index (χ2v) is 6.33. The van der Waals surface area contributed by atoms with Crippen LogP contribution in [-0.2, 0) is 6.18 Å². The van der Waals surface area contributed by atoms with Crippen LogP contribution < -0.4 is 10.1 Å². The van der Waals surface area contributed by atoms with Crippen LogP contribution in [0.2, 0.25) is 0 Å².